The molecule has 32 heavy (non-hydrogen) atoms. The van der Waals surface area contributed by atoms with Crippen molar-refractivity contribution in [3.63, 3.8) is 0 Å². The van der Waals surface area contributed by atoms with Crippen molar-refractivity contribution in [2.45, 2.75) is 49.7 Å². The Morgan fingerprint density at radius 2 is 1.69 bits per heavy atom. The zero-order valence-electron chi connectivity index (χ0n) is 18.0. The number of thioether (sulfide) groups is 1. The predicted octanol–water partition coefficient (Wildman–Crippen LogP) is 3.51. The third kappa shape index (κ3) is 5.91. The smallest absolute Gasteiger partial charge is 0.264 e. The third-order valence-electron chi connectivity index (χ3n) is 5.26. The molecule has 2 saturated heterocycles. The van der Waals surface area contributed by atoms with Crippen LogP contribution in [0.3, 0.4) is 0 Å². The molecule has 2 fully saturated rings. The Balaban J connectivity index is 1.62. The number of fused-ring (bicyclic) bond motifs is 1. The molecule has 1 unspecified atom stereocenters. The van der Waals surface area contributed by atoms with Crippen molar-refractivity contribution in [3.8, 4) is 0 Å². The van der Waals surface area contributed by atoms with E-state index in [1.165, 1.54) is 11.8 Å². The minimum Gasteiger partial charge on any atom is -0.368 e. The Bertz CT molecular complexity index is 955. The zero-order valence-corrected chi connectivity index (χ0v) is 19.7. The van der Waals surface area contributed by atoms with Crippen LogP contribution in [-0.4, -0.2) is 56.9 Å². The van der Waals surface area contributed by atoms with Gasteiger partial charge >= 0.3 is 0 Å². The Morgan fingerprint density at radius 1 is 1.00 bits per heavy atom. The van der Waals surface area contributed by atoms with Crippen LogP contribution in [0.2, 0.25) is 0 Å². The van der Waals surface area contributed by atoms with Crippen LogP contribution < -0.4 is 0 Å². The Hall–Kier alpha value is -1.46. The van der Waals surface area contributed by atoms with Gasteiger partial charge in [-0.25, -0.2) is 0 Å². The summed E-state index contributed by atoms with van der Waals surface area (Å²) in [5.74, 6) is 0.728. The van der Waals surface area contributed by atoms with Gasteiger partial charge in [-0.2, -0.15) is 8.42 Å². The topological polar surface area (TPSA) is 80.3 Å². The van der Waals surface area contributed by atoms with Gasteiger partial charge in [-0.1, -0.05) is 67.6 Å². The van der Waals surface area contributed by atoms with Gasteiger partial charge in [0.15, 0.2) is 6.29 Å². The molecule has 6 atom stereocenters. The second kappa shape index (κ2) is 10.6. The van der Waals surface area contributed by atoms with Crippen LogP contribution in [0.4, 0.5) is 0 Å². The average molecular weight is 481 g/mol. The lowest BCUT2D eigenvalue weighted by Gasteiger charge is -2.48. The van der Waals surface area contributed by atoms with Gasteiger partial charge in [0.25, 0.3) is 10.1 Å². The average Bonchev–Trinajstić information content (AvgIpc) is 2.79. The van der Waals surface area contributed by atoms with Gasteiger partial charge in [0, 0.05) is 5.56 Å². The zero-order chi connectivity index (χ0) is 22.6. The second-order valence-electron chi connectivity index (χ2n) is 7.70. The second-order valence-corrected chi connectivity index (χ2v) is 10.7. The molecular weight excluding hydrogens is 452 g/mol. The normalized spacial score (nSPS) is 30.6. The van der Waals surface area contributed by atoms with Crippen LogP contribution in [0.25, 0.3) is 0 Å². The van der Waals surface area contributed by atoms with Gasteiger partial charge in [-0.15, -0.1) is 11.8 Å². The third-order valence-corrected chi connectivity index (χ3v) is 6.87. The highest BCUT2D eigenvalue weighted by atomic mass is 32.2. The summed E-state index contributed by atoms with van der Waals surface area (Å²) in [5.41, 5.74) is 1.32. The first-order valence-corrected chi connectivity index (χ1v) is 13.4. The minimum atomic E-state index is -3.75. The maximum atomic E-state index is 12.1. The van der Waals surface area contributed by atoms with Crippen LogP contribution in [-0.2, 0) is 39.9 Å². The van der Waals surface area contributed by atoms with Crippen LogP contribution in [0.1, 0.15) is 24.3 Å². The van der Waals surface area contributed by atoms with Gasteiger partial charge in [-0.3, -0.25) is 4.18 Å². The molecule has 2 aromatic carbocycles. The van der Waals surface area contributed by atoms with Gasteiger partial charge < -0.3 is 18.9 Å². The standard InChI is InChI=1S/C23H28O7S2/c1-3-31-23-21(30-32(2,24)25)20(26-14-16-10-6-4-7-11-16)19-18(28-23)15-27-22(29-19)17-12-8-5-9-13-17/h4-13,18-23H,3,14-15H2,1-2H3/t18-,19-,20+,21-,22?,23+/m1/s1. The predicted molar refractivity (Wildman–Crippen MR) is 122 cm³/mol. The largest absolute Gasteiger partial charge is 0.368 e. The van der Waals surface area contributed by atoms with E-state index in [0.717, 1.165) is 23.1 Å². The van der Waals surface area contributed by atoms with Crippen LogP contribution in [0.5, 0.6) is 0 Å². The summed E-state index contributed by atoms with van der Waals surface area (Å²) in [4.78, 5) is 0. The maximum Gasteiger partial charge on any atom is 0.264 e. The molecule has 2 aliphatic heterocycles. The molecule has 0 aromatic heterocycles. The monoisotopic (exact) mass is 480 g/mol. The summed E-state index contributed by atoms with van der Waals surface area (Å²) < 4.78 is 54.5. The number of ether oxygens (including phenoxy) is 4. The summed E-state index contributed by atoms with van der Waals surface area (Å²) in [7, 11) is -3.75. The molecule has 0 bridgehead atoms. The van der Waals surface area contributed by atoms with Crippen molar-refractivity contribution in [2.75, 3.05) is 18.6 Å². The summed E-state index contributed by atoms with van der Waals surface area (Å²) in [6.07, 6.45) is -2.04. The molecule has 2 heterocycles. The Kier molecular flexibility index (Phi) is 7.88. The molecule has 9 heteroatoms. The molecule has 0 spiro atoms. The molecule has 2 aromatic rings. The van der Waals surface area contributed by atoms with Crippen molar-refractivity contribution in [1.29, 1.82) is 0 Å². The van der Waals surface area contributed by atoms with E-state index in [0.29, 0.717) is 13.2 Å². The van der Waals surface area contributed by atoms with Crippen molar-refractivity contribution in [1.82, 2.24) is 0 Å². The number of rotatable bonds is 8. The van der Waals surface area contributed by atoms with Gasteiger partial charge in [0.1, 0.15) is 29.9 Å². The molecule has 174 valence electrons. The van der Waals surface area contributed by atoms with E-state index in [9.17, 15) is 8.42 Å². The number of hydrogen-bond acceptors (Lipinski definition) is 8. The SMILES string of the molecule is CCS[C@@H]1O[C@@H]2COC(c3ccccc3)O[C@H]2[C@H](OCc2ccccc2)[C@H]1OS(C)(=O)=O. The Morgan fingerprint density at radius 3 is 2.34 bits per heavy atom. The lowest BCUT2D eigenvalue weighted by atomic mass is 9.98. The fourth-order valence-electron chi connectivity index (χ4n) is 3.89. The molecule has 4 rings (SSSR count). The van der Waals surface area contributed by atoms with E-state index in [1.54, 1.807) is 0 Å². The quantitative estimate of drug-likeness (QED) is 0.531. The lowest BCUT2D eigenvalue weighted by molar-refractivity contribution is -0.322. The first-order chi connectivity index (χ1) is 15.4. The lowest BCUT2D eigenvalue weighted by Crippen LogP contribution is -2.62. The van der Waals surface area contributed by atoms with Crippen molar-refractivity contribution >= 4 is 21.9 Å². The highest BCUT2D eigenvalue weighted by molar-refractivity contribution is 7.99. The molecule has 0 aliphatic carbocycles. The molecule has 0 amide bonds. The van der Waals surface area contributed by atoms with E-state index in [1.807, 2.05) is 67.6 Å². The first kappa shape index (κ1) is 23.7. The van der Waals surface area contributed by atoms with E-state index in [-0.39, 0.29) is 0 Å². The summed E-state index contributed by atoms with van der Waals surface area (Å²) >= 11 is 1.48. The molecule has 0 radical (unpaired) electrons. The fraction of sp³-hybridized carbons (Fsp3) is 0.478. The molecule has 0 N–H and O–H groups in total. The Labute approximate surface area is 193 Å². The van der Waals surface area contributed by atoms with Crippen molar-refractivity contribution in [2.24, 2.45) is 0 Å². The molecule has 7 nitrogen and oxygen atoms in total. The van der Waals surface area contributed by atoms with Crippen LogP contribution in [0.15, 0.2) is 60.7 Å². The van der Waals surface area contributed by atoms with Crippen molar-refractivity contribution in [3.05, 3.63) is 71.8 Å². The highest BCUT2D eigenvalue weighted by Crippen LogP contribution is 2.39. The first-order valence-electron chi connectivity index (χ1n) is 10.6. The van der Waals surface area contributed by atoms with Crippen LogP contribution >= 0.6 is 11.8 Å². The summed E-state index contributed by atoms with van der Waals surface area (Å²) in [6, 6.07) is 19.3. The highest BCUT2D eigenvalue weighted by Gasteiger charge is 2.52. The molecule has 0 saturated carbocycles. The number of hydrogen-bond donors (Lipinski definition) is 0. The molecular formula is C23H28O7S2. The minimum absolute atomic E-state index is 0.294. The van der Waals surface area contributed by atoms with Crippen LogP contribution in [0, 0.1) is 0 Å². The number of benzene rings is 2. The summed E-state index contributed by atoms with van der Waals surface area (Å²) in [5, 5.41) is 0. The van der Waals surface area contributed by atoms with E-state index >= 15 is 0 Å². The van der Waals surface area contributed by atoms with Gasteiger partial charge in [-0.05, 0) is 11.3 Å². The van der Waals surface area contributed by atoms with E-state index in [2.05, 4.69) is 0 Å². The van der Waals surface area contributed by atoms with Crippen molar-refractivity contribution < 1.29 is 31.5 Å². The van der Waals surface area contributed by atoms with Gasteiger partial charge in [0.2, 0.25) is 0 Å². The fourth-order valence-corrected chi connectivity index (χ4v) is 5.52. The van der Waals surface area contributed by atoms with E-state index < -0.39 is 46.3 Å². The van der Waals surface area contributed by atoms with Gasteiger partial charge in [0.05, 0.1) is 19.5 Å². The summed E-state index contributed by atoms with van der Waals surface area (Å²) in [6.45, 7) is 2.58. The molecule has 2 aliphatic rings. The maximum absolute atomic E-state index is 12.1. The van der Waals surface area contributed by atoms with E-state index in [4.69, 9.17) is 23.1 Å².